The first-order valence-corrected chi connectivity index (χ1v) is 15.4. The molecule has 226 valence electrons. The Morgan fingerprint density at radius 2 is 1.76 bits per heavy atom. The maximum atomic E-state index is 14.0. The Bertz CT molecular complexity index is 1550. The molecular formula is C35H45NO6. The summed E-state index contributed by atoms with van der Waals surface area (Å²) in [5.41, 5.74) is 2.11. The summed E-state index contributed by atoms with van der Waals surface area (Å²) in [6.45, 7) is 12.2. The van der Waals surface area contributed by atoms with Crippen molar-refractivity contribution in [1.82, 2.24) is 4.90 Å². The largest absolute Gasteiger partial charge is 0.506 e. The molecule has 0 saturated carbocycles. The number of likely N-dealkylation sites (tertiary alicyclic amines) is 1. The molecule has 3 heterocycles. The van der Waals surface area contributed by atoms with E-state index >= 15 is 0 Å². The number of methoxy groups -OCH3 is 1. The van der Waals surface area contributed by atoms with Gasteiger partial charge in [0.2, 0.25) is 5.43 Å². The molecule has 5 rings (SSSR count). The van der Waals surface area contributed by atoms with Crippen LogP contribution in [0.3, 0.4) is 0 Å². The van der Waals surface area contributed by atoms with Crippen molar-refractivity contribution in [2.45, 2.75) is 84.7 Å². The van der Waals surface area contributed by atoms with Crippen molar-refractivity contribution in [3.8, 4) is 23.0 Å². The summed E-state index contributed by atoms with van der Waals surface area (Å²) >= 11 is 0. The van der Waals surface area contributed by atoms with Gasteiger partial charge in [0.15, 0.2) is 11.5 Å². The van der Waals surface area contributed by atoms with Crippen molar-refractivity contribution in [3.05, 3.63) is 51.2 Å². The maximum absolute atomic E-state index is 14.0. The summed E-state index contributed by atoms with van der Waals surface area (Å²) in [4.78, 5) is 16.6. The quantitative estimate of drug-likeness (QED) is 0.134. The maximum Gasteiger partial charge on any atom is 0.204 e. The predicted molar refractivity (Wildman–Crippen MR) is 169 cm³/mol. The minimum absolute atomic E-state index is 0.133. The standard InChI is InChI=1S/C35H45NO6/c1-23(2)13-14-25-30-27(41-28-21-26-24(15-16-35(3,4)42-26)32(37)31(28)33(30)38)22-29(34(25)39-5)40-20-12-8-6-7-9-17-36-18-10-11-19-36/h13,15-16,21-22,37H,6-12,14,17-20H2,1-5H3. The molecule has 7 nitrogen and oxygen atoms in total. The molecule has 0 radical (unpaired) electrons. The second-order valence-electron chi connectivity index (χ2n) is 12.4. The Morgan fingerprint density at radius 1 is 1.05 bits per heavy atom. The van der Waals surface area contributed by atoms with Crippen LogP contribution in [0.5, 0.6) is 23.0 Å². The number of hydrogen-bond acceptors (Lipinski definition) is 7. The van der Waals surface area contributed by atoms with Gasteiger partial charge in [0.1, 0.15) is 33.7 Å². The van der Waals surface area contributed by atoms with E-state index in [4.69, 9.17) is 18.6 Å². The van der Waals surface area contributed by atoms with E-state index < -0.39 is 5.60 Å². The molecule has 2 aliphatic heterocycles. The zero-order valence-corrected chi connectivity index (χ0v) is 25.8. The lowest BCUT2D eigenvalue weighted by Gasteiger charge is -2.28. The number of unbranched alkanes of at least 4 members (excludes halogenated alkanes) is 4. The van der Waals surface area contributed by atoms with Crippen molar-refractivity contribution in [2.24, 2.45) is 0 Å². The first kappa shape index (κ1) is 30.0. The fourth-order valence-corrected chi connectivity index (χ4v) is 6.01. The van der Waals surface area contributed by atoms with Gasteiger partial charge in [-0.3, -0.25) is 4.79 Å². The van der Waals surface area contributed by atoms with E-state index in [2.05, 4.69) is 11.0 Å². The number of phenols is 1. The van der Waals surface area contributed by atoms with Gasteiger partial charge < -0.3 is 28.6 Å². The second kappa shape index (κ2) is 12.8. The molecule has 0 atom stereocenters. The molecule has 2 aliphatic rings. The van der Waals surface area contributed by atoms with Gasteiger partial charge in [0.25, 0.3) is 0 Å². The molecule has 0 unspecified atom stereocenters. The number of rotatable bonds is 12. The van der Waals surface area contributed by atoms with Gasteiger partial charge in [-0.05, 0) is 91.6 Å². The van der Waals surface area contributed by atoms with Gasteiger partial charge in [0.05, 0.1) is 24.7 Å². The molecule has 1 saturated heterocycles. The van der Waals surface area contributed by atoms with Crippen LogP contribution in [0.15, 0.2) is 39.1 Å². The van der Waals surface area contributed by atoms with Crippen LogP contribution in [-0.4, -0.2) is 49.0 Å². The molecule has 0 spiro atoms. The molecule has 1 fully saturated rings. The van der Waals surface area contributed by atoms with Gasteiger partial charge in [-0.1, -0.05) is 30.9 Å². The molecule has 0 aliphatic carbocycles. The van der Waals surface area contributed by atoms with Gasteiger partial charge in [0, 0.05) is 17.7 Å². The minimum atomic E-state index is -0.538. The highest BCUT2D eigenvalue weighted by molar-refractivity contribution is 5.99. The molecule has 3 aromatic rings. The summed E-state index contributed by atoms with van der Waals surface area (Å²) in [7, 11) is 1.60. The Labute approximate surface area is 248 Å². The van der Waals surface area contributed by atoms with Gasteiger partial charge in [-0.15, -0.1) is 0 Å². The van der Waals surface area contributed by atoms with Crippen LogP contribution in [0.4, 0.5) is 0 Å². The monoisotopic (exact) mass is 575 g/mol. The van der Waals surface area contributed by atoms with Gasteiger partial charge >= 0.3 is 0 Å². The van der Waals surface area contributed by atoms with Gasteiger partial charge in [-0.25, -0.2) is 0 Å². The first-order valence-electron chi connectivity index (χ1n) is 15.4. The lowest BCUT2D eigenvalue weighted by atomic mass is 9.97. The average Bonchev–Trinajstić information content (AvgIpc) is 3.45. The lowest BCUT2D eigenvalue weighted by molar-refractivity contribution is 0.158. The number of aromatic hydroxyl groups is 1. The van der Waals surface area contributed by atoms with E-state index in [1.54, 1.807) is 25.3 Å². The third kappa shape index (κ3) is 6.46. The average molecular weight is 576 g/mol. The van der Waals surface area contributed by atoms with E-state index in [0.717, 1.165) is 18.4 Å². The highest BCUT2D eigenvalue weighted by Crippen LogP contribution is 2.43. The number of phenolic OH excluding ortho intramolecular Hbond substituents is 1. The fraction of sp³-hybridized carbons (Fsp3) is 0.514. The van der Waals surface area contributed by atoms with E-state index in [1.165, 1.54) is 51.7 Å². The third-order valence-corrected chi connectivity index (χ3v) is 8.27. The fourth-order valence-electron chi connectivity index (χ4n) is 6.01. The Balaban J connectivity index is 1.43. The number of allylic oxidation sites excluding steroid dienone is 2. The normalized spacial score (nSPS) is 16.0. The first-order chi connectivity index (χ1) is 20.2. The number of hydrogen-bond donors (Lipinski definition) is 1. The van der Waals surface area contributed by atoms with Crippen LogP contribution < -0.4 is 19.6 Å². The van der Waals surface area contributed by atoms with Crippen molar-refractivity contribution >= 4 is 28.0 Å². The minimum Gasteiger partial charge on any atom is -0.506 e. The predicted octanol–water partition coefficient (Wildman–Crippen LogP) is 7.78. The number of benzene rings is 2. The lowest BCUT2D eigenvalue weighted by Crippen LogP contribution is -2.27. The van der Waals surface area contributed by atoms with Crippen molar-refractivity contribution < 1.29 is 23.7 Å². The van der Waals surface area contributed by atoms with Crippen molar-refractivity contribution in [2.75, 3.05) is 33.4 Å². The van der Waals surface area contributed by atoms with Crippen LogP contribution in [0.2, 0.25) is 0 Å². The molecule has 1 aromatic heterocycles. The highest BCUT2D eigenvalue weighted by Gasteiger charge is 2.28. The van der Waals surface area contributed by atoms with Gasteiger partial charge in [-0.2, -0.15) is 0 Å². The Kier molecular flexibility index (Phi) is 9.16. The smallest absolute Gasteiger partial charge is 0.204 e. The van der Waals surface area contributed by atoms with Crippen LogP contribution in [0.25, 0.3) is 28.0 Å². The molecule has 0 bridgehead atoms. The molecule has 42 heavy (non-hydrogen) atoms. The zero-order valence-electron chi connectivity index (χ0n) is 25.8. The molecule has 7 heteroatoms. The van der Waals surface area contributed by atoms with Crippen LogP contribution >= 0.6 is 0 Å². The second-order valence-corrected chi connectivity index (χ2v) is 12.4. The molecule has 1 N–H and O–H groups in total. The zero-order chi connectivity index (χ0) is 29.9. The summed E-state index contributed by atoms with van der Waals surface area (Å²) in [6, 6.07) is 3.44. The van der Waals surface area contributed by atoms with Crippen LogP contribution in [0, 0.1) is 0 Å². The van der Waals surface area contributed by atoms with Crippen molar-refractivity contribution in [3.63, 3.8) is 0 Å². The van der Waals surface area contributed by atoms with E-state index in [0.29, 0.717) is 52.4 Å². The topological polar surface area (TPSA) is 81.4 Å². The van der Waals surface area contributed by atoms with Crippen molar-refractivity contribution in [1.29, 1.82) is 0 Å². The van der Waals surface area contributed by atoms with E-state index in [9.17, 15) is 9.90 Å². The van der Waals surface area contributed by atoms with Crippen LogP contribution in [0.1, 0.15) is 83.8 Å². The van der Waals surface area contributed by atoms with E-state index in [-0.39, 0.29) is 22.1 Å². The third-order valence-electron chi connectivity index (χ3n) is 8.27. The van der Waals surface area contributed by atoms with E-state index in [1.807, 2.05) is 33.8 Å². The molecule has 0 amide bonds. The Hall–Kier alpha value is -3.45. The number of fused-ring (bicyclic) bond motifs is 3. The highest BCUT2D eigenvalue weighted by atomic mass is 16.5. The SMILES string of the molecule is COc1c(OCCCCCCCN2CCCC2)cc2oc3cc4c(c(O)c3c(=O)c2c1CC=C(C)C)C=CC(C)(C)O4. The summed E-state index contributed by atoms with van der Waals surface area (Å²) in [5.74, 6) is 1.42. The summed E-state index contributed by atoms with van der Waals surface area (Å²) in [6.07, 6.45) is 14.6. The molecular weight excluding hydrogens is 530 g/mol. The Morgan fingerprint density at radius 3 is 2.50 bits per heavy atom. The number of nitrogens with zero attached hydrogens (tertiary/aromatic N) is 1. The summed E-state index contributed by atoms with van der Waals surface area (Å²) in [5, 5.41) is 11.7. The summed E-state index contributed by atoms with van der Waals surface area (Å²) < 4.78 is 24.5. The van der Waals surface area contributed by atoms with Crippen LogP contribution in [-0.2, 0) is 6.42 Å². The molecule has 2 aromatic carbocycles. The number of ether oxygens (including phenoxy) is 3.